The first-order valence-corrected chi connectivity index (χ1v) is 5.26. The number of aromatic nitrogens is 1. The van der Waals surface area contributed by atoms with Gasteiger partial charge in [0.15, 0.2) is 5.82 Å². The molecule has 4 nitrogen and oxygen atoms in total. The average Bonchev–Trinajstić information content (AvgIpc) is 2.06. The normalized spacial score (nSPS) is 12.1. The summed E-state index contributed by atoms with van der Waals surface area (Å²) < 4.78 is 59.3. The molecule has 8 heteroatoms. The molecule has 0 aliphatic heterocycles. The number of aryl methyl sites for hydroxylation is 1. The number of pyridine rings is 1. The zero-order chi connectivity index (χ0) is 11.8. The summed E-state index contributed by atoms with van der Waals surface area (Å²) in [6, 6.07) is 0.433. The minimum atomic E-state index is -4.36. The SMILES string of the molecule is Cc1nc(C(F)F)cc(S(N)(=O)=O)c1F. The van der Waals surface area contributed by atoms with Crippen molar-refractivity contribution in [1.29, 1.82) is 0 Å². The van der Waals surface area contributed by atoms with Gasteiger partial charge in [0.2, 0.25) is 10.0 Å². The molecule has 0 aromatic carbocycles. The molecule has 0 aliphatic rings. The van der Waals surface area contributed by atoms with Gasteiger partial charge in [0.25, 0.3) is 6.43 Å². The zero-order valence-corrected chi connectivity index (χ0v) is 8.35. The lowest BCUT2D eigenvalue weighted by molar-refractivity contribution is 0.145. The maximum absolute atomic E-state index is 13.2. The summed E-state index contributed by atoms with van der Waals surface area (Å²) in [5.74, 6) is -1.21. The van der Waals surface area contributed by atoms with E-state index in [1.54, 1.807) is 0 Å². The Bertz CT molecular complexity index is 487. The van der Waals surface area contributed by atoms with Gasteiger partial charge in [-0.25, -0.2) is 31.7 Å². The molecule has 0 saturated heterocycles. The van der Waals surface area contributed by atoms with Crippen molar-refractivity contribution in [2.75, 3.05) is 0 Å². The predicted molar refractivity (Wildman–Crippen MR) is 45.3 cm³/mol. The first kappa shape index (κ1) is 11.9. The molecule has 1 rings (SSSR count). The first-order chi connectivity index (χ1) is 6.73. The number of primary sulfonamides is 1. The lowest BCUT2D eigenvalue weighted by atomic mass is 10.3. The zero-order valence-electron chi connectivity index (χ0n) is 7.54. The van der Waals surface area contributed by atoms with Crippen LogP contribution in [0.3, 0.4) is 0 Å². The molecule has 0 spiro atoms. The Kier molecular flexibility index (Phi) is 3.00. The van der Waals surface area contributed by atoms with E-state index in [1.165, 1.54) is 0 Å². The summed E-state index contributed by atoms with van der Waals surface area (Å²) in [7, 11) is -4.36. The second-order valence-electron chi connectivity index (χ2n) is 2.79. The number of alkyl halides is 2. The largest absolute Gasteiger partial charge is 0.280 e. The van der Waals surface area contributed by atoms with Gasteiger partial charge >= 0.3 is 0 Å². The summed E-state index contributed by atoms with van der Waals surface area (Å²) in [6.07, 6.45) is -2.98. The number of halogens is 3. The summed E-state index contributed by atoms with van der Waals surface area (Å²) >= 11 is 0. The van der Waals surface area contributed by atoms with Crippen LogP contribution in [0.5, 0.6) is 0 Å². The van der Waals surface area contributed by atoms with Crippen molar-refractivity contribution >= 4 is 10.0 Å². The molecule has 84 valence electrons. The molecule has 15 heavy (non-hydrogen) atoms. The summed E-state index contributed by atoms with van der Waals surface area (Å²) in [5, 5.41) is 4.66. The fourth-order valence-corrected chi connectivity index (χ4v) is 1.65. The highest BCUT2D eigenvalue weighted by atomic mass is 32.2. The van der Waals surface area contributed by atoms with Crippen LogP contribution in [0.2, 0.25) is 0 Å². The Hall–Kier alpha value is -1.15. The number of rotatable bonds is 2. The standard InChI is InChI=1S/C7H7F3N2O2S/c1-3-6(8)5(15(11,13)14)2-4(12-3)7(9)10/h2,7H,1H3,(H2,11,13,14). The van der Waals surface area contributed by atoms with Crippen LogP contribution in [0.25, 0.3) is 0 Å². The van der Waals surface area contributed by atoms with Crippen molar-refractivity contribution in [1.82, 2.24) is 4.98 Å². The minimum absolute atomic E-state index is 0.433. The Morgan fingerprint density at radius 3 is 2.40 bits per heavy atom. The van der Waals surface area contributed by atoms with E-state index in [0.717, 1.165) is 6.92 Å². The molecule has 0 saturated carbocycles. The molecule has 0 bridgehead atoms. The van der Waals surface area contributed by atoms with E-state index in [0.29, 0.717) is 6.07 Å². The third kappa shape index (κ3) is 2.45. The van der Waals surface area contributed by atoms with Crippen LogP contribution in [0.1, 0.15) is 17.8 Å². The highest BCUT2D eigenvalue weighted by Gasteiger charge is 2.21. The molecule has 0 atom stereocenters. The first-order valence-electron chi connectivity index (χ1n) is 3.71. The van der Waals surface area contributed by atoms with Crippen LogP contribution in [-0.2, 0) is 10.0 Å². The maximum Gasteiger partial charge on any atom is 0.280 e. The van der Waals surface area contributed by atoms with Gasteiger partial charge in [-0.05, 0) is 13.0 Å². The van der Waals surface area contributed by atoms with Gasteiger partial charge in [0.1, 0.15) is 10.6 Å². The van der Waals surface area contributed by atoms with E-state index < -0.39 is 38.5 Å². The van der Waals surface area contributed by atoms with E-state index in [2.05, 4.69) is 10.1 Å². The van der Waals surface area contributed by atoms with Gasteiger partial charge in [-0.2, -0.15) is 0 Å². The highest BCUT2D eigenvalue weighted by molar-refractivity contribution is 7.89. The smallest absolute Gasteiger partial charge is 0.249 e. The van der Waals surface area contributed by atoms with Crippen LogP contribution >= 0.6 is 0 Å². The van der Waals surface area contributed by atoms with Gasteiger partial charge in [0, 0.05) is 0 Å². The molecule has 1 aromatic rings. The summed E-state index contributed by atoms with van der Waals surface area (Å²) in [5.41, 5.74) is -1.25. The van der Waals surface area contributed by atoms with E-state index >= 15 is 0 Å². The number of hydrogen-bond donors (Lipinski definition) is 1. The molecule has 0 radical (unpaired) electrons. The highest BCUT2D eigenvalue weighted by Crippen LogP contribution is 2.22. The minimum Gasteiger partial charge on any atom is -0.249 e. The second kappa shape index (κ2) is 3.78. The predicted octanol–water partition coefficient (Wildman–Crippen LogP) is 1.11. The van der Waals surface area contributed by atoms with Crippen LogP contribution in [0.15, 0.2) is 11.0 Å². The third-order valence-corrected chi connectivity index (χ3v) is 2.55. The maximum atomic E-state index is 13.2. The Morgan fingerprint density at radius 1 is 1.47 bits per heavy atom. The Morgan fingerprint density at radius 2 is 2.00 bits per heavy atom. The molecule has 0 amide bonds. The van der Waals surface area contributed by atoms with Crippen molar-refractivity contribution in [3.63, 3.8) is 0 Å². The number of nitrogens with two attached hydrogens (primary N) is 1. The second-order valence-corrected chi connectivity index (χ2v) is 4.32. The van der Waals surface area contributed by atoms with Crippen LogP contribution in [0, 0.1) is 12.7 Å². The molecule has 0 aliphatic carbocycles. The summed E-state index contributed by atoms with van der Waals surface area (Å²) in [4.78, 5) is 2.23. The number of sulfonamides is 1. The van der Waals surface area contributed by atoms with Crippen molar-refractivity contribution in [3.05, 3.63) is 23.3 Å². The van der Waals surface area contributed by atoms with Crippen LogP contribution in [-0.4, -0.2) is 13.4 Å². The molecule has 1 aromatic heterocycles. The van der Waals surface area contributed by atoms with E-state index in [1.807, 2.05) is 0 Å². The Balaban J connectivity index is 3.52. The lowest BCUT2D eigenvalue weighted by Gasteiger charge is -2.06. The molecule has 0 unspecified atom stereocenters. The third-order valence-electron chi connectivity index (χ3n) is 1.64. The molecule has 2 N–H and O–H groups in total. The Labute approximate surface area is 84.0 Å². The van der Waals surface area contributed by atoms with Gasteiger partial charge < -0.3 is 0 Å². The van der Waals surface area contributed by atoms with Crippen molar-refractivity contribution in [2.45, 2.75) is 18.2 Å². The van der Waals surface area contributed by atoms with E-state index in [4.69, 9.17) is 0 Å². The van der Waals surface area contributed by atoms with Crippen LogP contribution in [0.4, 0.5) is 13.2 Å². The molecule has 1 heterocycles. The van der Waals surface area contributed by atoms with Gasteiger partial charge in [0.05, 0.1) is 5.69 Å². The summed E-state index contributed by atoms with van der Waals surface area (Å²) in [6.45, 7) is 1.08. The topological polar surface area (TPSA) is 73.0 Å². The molecular weight excluding hydrogens is 233 g/mol. The fourth-order valence-electron chi connectivity index (χ4n) is 0.970. The van der Waals surface area contributed by atoms with Crippen molar-refractivity contribution < 1.29 is 21.6 Å². The van der Waals surface area contributed by atoms with Crippen molar-refractivity contribution in [3.8, 4) is 0 Å². The quantitative estimate of drug-likeness (QED) is 0.841. The number of nitrogens with zero attached hydrogens (tertiary/aromatic N) is 1. The van der Waals surface area contributed by atoms with Crippen LogP contribution < -0.4 is 5.14 Å². The average molecular weight is 240 g/mol. The van der Waals surface area contributed by atoms with Crippen molar-refractivity contribution in [2.24, 2.45) is 5.14 Å². The lowest BCUT2D eigenvalue weighted by Crippen LogP contribution is -2.16. The number of hydrogen-bond acceptors (Lipinski definition) is 3. The molecular formula is C7H7F3N2O2S. The van der Waals surface area contributed by atoms with E-state index in [9.17, 15) is 21.6 Å². The molecule has 0 fully saturated rings. The van der Waals surface area contributed by atoms with Gasteiger partial charge in [-0.1, -0.05) is 0 Å². The fraction of sp³-hybridized carbons (Fsp3) is 0.286. The van der Waals surface area contributed by atoms with Gasteiger partial charge in [-0.15, -0.1) is 0 Å². The van der Waals surface area contributed by atoms with Gasteiger partial charge in [-0.3, -0.25) is 0 Å². The van der Waals surface area contributed by atoms with E-state index in [-0.39, 0.29) is 0 Å². The monoisotopic (exact) mass is 240 g/mol.